The van der Waals surface area contributed by atoms with Crippen molar-refractivity contribution >= 4 is 75.5 Å². The second-order valence-corrected chi connectivity index (χ2v) is 20.0. The standard InChI is InChI=1S/C51H77N9O9S/c1-14-50(12,68-34(7)45(64)51(13,15-2)69-37(30-60(35(8)61)49(9,10)11)31-67-48-46(56-70-57-48)59-24-26-66-27-25-59)42(62)20-21-43(63)54-36-18-19-40-38(28-36)39(47(65)55-40)29-41-32(5)44(33(6)53-41)52-22-23-58(16-3)17-4/h18-19,28-29,34,37,52-53H,14-17,20-27,30-31H2,1-13H3,(H,54,63)(H,55,65)/b39-29-/t34-,37-,50?,51?/m0/s1. The zero-order valence-corrected chi connectivity index (χ0v) is 44.5. The number of aromatic nitrogens is 3. The summed E-state index contributed by atoms with van der Waals surface area (Å²) in [5, 5.41) is 9.37. The average molecular weight is 992 g/mol. The summed E-state index contributed by atoms with van der Waals surface area (Å²) in [5.41, 5.74) is 2.64. The van der Waals surface area contributed by atoms with E-state index in [0.29, 0.717) is 60.5 Å². The lowest BCUT2D eigenvalue weighted by Crippen LogP contribution is -2.55. The minimum atomic E-state index is -1.41. The minimum absolute atomic E-state index is 0.0321. The van der Waals surface area contributed by atoms with E-state index in [9.17, 15) is 24.0 Å². The number of carbonyl (C=O) groups excluding carboxylic acids is 5. The molecule has 0 saturated carbocycles. The summed E-state index contributed by atoms with van der Waals surface area (Å²) in [6.45, 7) is 30.3. The number of carbonyl (C=O) groups is 5. The fourth-order valence-electron chi connectivity index (χ4n) is 8.84. The molecule has 386 valence electrons. The second-order valence-electron chi connectivity index (χ2n) is 19.5. The number of anilines is 4. The van der Waals surface area contributed by atoms with E-state index >= 15 is 0 Å². The quantitative estimate of drug-likeness (QED) is 0.0583. The number of benzene rings is 1. The molecule has 19 heteroatoms. The Morgan fingerprint density at radius 2 is 1.66 bits per heavy atom. The Labute approximate surface area is 418 Å². The summed E-state index contributed by atoms with van der Waals surface area (Å²) >= 11 is 1.03. The molecule has 0 spiro atoms. The van der Waals surface area contributed by atoms with Gasteiger partial charge in [-0.1, -0.05) is 27.7 Å². The average Bonchev–Trinajstić information content (AvgIpc) is 4.00. The first-order valence-electron chi connectivity index (χ1n) is 24.7. The molecule has 4 atom stereocenters. The monoisotopic (exact) mass is 992 g/mol. The molecule has 4 heterocycles. The van der Waals surface area contributed by atoms with Crippen molar-refractivity contribution in [1.82, 2.24) is 23.5 Å². The lowest BCUT2D eigenvalue weighted by molar-refractivity contribution is -0.178. The van der Waals surface area contributed by atoms with Gasteiger partial charge in [0, 0.05) is 79.8 Å². The molecule has 4 N–H and O–H groups in total. The smallest absolute Gasteiger partial charge is 0.270 e. The van der Waals surface area contributed by atoms with Gasteiger partial charge in [-0.15, -0.1) is 4.37 Å². The fraction of sp³-hybridized carbons (Fsp3) is 0.627. The Kier molecular flexibility index (Phi) is 19.3. The van der Waals surface area contributed by atoms with Gasteiger partial charge in [0.25, 0.3) is 11.8 Å². The van der Waals surface area contributed by atoms with Crippen LogP contribution in [-0.4, -0.2) is 147 Å². The molecule has 0 bridgehead atoms. The van der Waals surface area contributed by atoms with Gasteiger partial charge < -0.3 is 54.6 Å². The molecule has 1 saturated heterocycles. The van der Waals surface area contributed by atoms with E-state index in [1.807, 2.05) is 52.5 Å². The summed E-state index contributed by atoms with van der Waals surface area (Å²) in [4.78, 5) is 77.4. The number of hydrogen-bond acceptors (Lipinski definition) is 15. The number of H-pyrrole nitrogens is 1. The van der Waals surface area contributed by atoms with Gasteiger partial charge in [-0.05, 0) is 111 Å². The van der Waals surface area contributed by atoms with Crippen LogP contribution in [0.1, 0.15) is 124 Å². The third-order valence-corrected chi connectivity index (χ3v) is 14.0. The zero-order chi connectivity index (χ0) is 51.6. The molecular formula is C51H77N9O9S. The van der Waals surface area contributed by atoms with Gasteiger partial charge >= 0.3 is 0 Å². The molecule has 0 aliphatic carbocycles. The SMILES string of the molecule is CCN(CC)CCNc1c(C)[nH]c(/C=C2\C(=O)Nc3ccc(NC(=O)CCC(=O)C(C)(CC)O[C@@H](C)C(=O)C(C)(CC)O[C@H](COc4nsnc4N4CCOCC4)CN(C(C)=O)C(C)(C)C)cc32)c1C. The van der Waals surface area contributed by atoms with E-state index in [1.54, 1.807) is 50.8 Å². The first kappa shape index (κ1) is 55.7. The Hall–Kier alpha value is -5.21. The highest BCUT2D eigenvalue weighted by atomic mass is 32.1. The van der Waals surface area contributed by atoms with Crippen LogP contribution in [0.5, 0.6) is 5.88 Å². The van der Waals surface area contributed by atoms with Crippen LogP contribution in [0.3, 0.4) is 0 Å². The molecule has 5 rings (SSSR count). The summed E-state index contributed by atoms with van der Waals surface area (Å²) in [6, 6.07) is 5.21. The topological polar surface area (TPSA) is 210 Å². The maximum Gasteiger partial charge on any atom is 0.270 e. The highest BCUT2D eigenvalue weighted by molar-refractivity contribution is 6.99. The van der Waals surface area contributed by atoms with E-state index < -0.39 is 34.9 Å². The number of Topliss-reactive ketones (excluding diaryl/α,β-unsaturated/α-hetero) is 2. The van der Waals surface area contributed by atoms with Crippen molar-refractivity contribution in [1.29, 1.82) is 0 Å². The van der Waals surface area contributed by atoms with Crippen molar-refractivity contribution < 1.29 is 42.9 Å². The molecule has 1 fully saturated rings. The number of aryl methyl sites for hydroxylation is 1. The van der Waals surface area contributed by atoms with Crippen molar-refractivity contribution in [3.8, 4) is 5.88 Å². The van der Waals surface area contributed by atoms with Gasteiger partial charge in [0.05, 0.1) is 42.7 Å². The van der Waals surface area contributed by atoms with Crippen molar-refractivity contribution in [3.63, 3.8) is 0 Å². The Balaban J connectivity index is 1.23. The zero-order valence-electron chi connectivity index (χ0n) is 43.7. The van der Waals surface area contributed by atoms with Crippen LogP contribution in [0, 0.1) is 13.8 Å². The number of nitrogens with one attached hydrogen (secondary N) is 4. The van der Waals surface area contributed by atoms with Gasteiger partial charge in [-0.3, -0.25) is 24.0 Å². The van der Waals surface area contributed by atoms with Gasteiger partial charge in [0.2, 0.25) is 17.6 Å². The van der Waals surface area contributed by atoms with Gasteiger partial charge in [-0.25, -0.2) is 0 Å². The Morgan fingerprint density at radius 1 is 0.971 bits per heavy atom. The van der Waals surface area contributed by atoms with Gasteiger partial charge in [0.15, 0.2) is 11.6 Å². The van der Waals surface area contributed by atoms with Crippen LogP contribution in [0.15, 0.2) is 18.2 Å². The Bertz CT molecular complexity index is 2350. The number of likely N-dealkylation sites (N-methyl/N-ethyl adjacent to an activating group) is 1. The molecule has 3 amide bonds. The number of morpholine rings is 1. The number of amides is 3. The van der Waals surface area contributed by atoms with Crippen LogP contribution in [0.25, 0.3) is 11.6 Å². The highest BCUT2D eigenvalue weighted by Gasteiger charge is 2.44. The third kappa shape index (κ3) is 13.8. The van der Waals surface area contributed by atoms with Crippen LogP contribution >= 0.6 is 11.7 Å². The maximum absolute atomic E-state index is 14.4. The first-order chi connectivity index (χ1) is 33.1. The normalized spacial score (nSPS) is 17.1. The van der Waals surface area contributed by atoms with Crippen molar-refractivity contribution in [3.05, 3.63) is 40.7 Å². The molecule has 2 aromatic heterocycles. The summed E-state index contributed by atoms with van der Waals surface area (Å²) in [7, 11) is 0. The van der Waals surface area contributed by atoms with Crippen molar-refractivity contribution in [2.45, 2.75) is 145 Å². The molecule has 0 radical (unpaired) electrons. The number of ketones is 2. The molecule has 70 heavy (non-hydrogen) atoms. The number of fused-ring (bicyclic) bond motifs is 1. The highest BCUT2D eigenvalue weighted by Crippen LogP contribution is 2.37. The summed E-state index contributed by atoms with van der Waals surface area (Å²) in [5.74, 6) is -0.591. The van der Waals surface area contributed by atoms with Crippen LogP contribution in [0.4, 0.5) is 22.9 Å². The number of rotatable bonds is 26. The van der Waals surface area contributed by atoms with E-state index in [-0.39, 0.29) is 62.2 Å². The van der Waals surface area contributed by atoms with Crippen molar-refractivity contribution in [2.24, 2.45) is 0 Å². The lowest BCUT2D eigenvalue weighted by Gasteiger charge is -2.40. The fourth-order valence-corrected chi connectivity index (χ4v) is 9.36. The number of ether oxygens (including phenoxy) is 4. The minimum Gasteiger partial charge on any atom is -0.472 e. The third-order valence-electron chi connectivity index (χ3n) is 13.5. The molecule has 2 aliphatic rings. The van der Waals surface area contributed by atoms with Crippen molar-refractivity contribution in [2.75, 3.05) is 86.5 Å². The molecule has 1 aromatic carbocycles. The molecule has 18 nitrogen and oxygen atoms in total. The number of hydrogen-bond donors (Lipinski definition) is 4. The second kappa shape index (κ2) is 24.3. The Morgan fingerprint density at radius 3 is 2.29 bits per heavy atom. The first-order valence-corrected chi connectivity index (χ1v) is 25.4. The molecular weight excluding hydrogens is 915 g/mol. The van der Waals surface area contributed by atoms with E-state index in [0.717, 1.165) is 60.5 Å². The van der Waals surface area contributed by atoms with E-state index in [1.165, 1.54) is 6.92 Å². The van der Waals surface area contributed by atoms with Crippen LogP contribution in [0.2, 0.25) is 0 Å². The number of nitrogens with zero attached hydrogens (tertiary/aromatic N) is 5. The largest absolute Gasteiger partial charge is 0.472 e. The predicted octanol–water partition coefficient (Wildman–Crippen LogP) is 7.28. The predicted molar refractivity (Wildman–Crippen MR) is 276 cm³/mol. The van der Waals surface area contributed by atoms with Crippen LogP contribution in [-0.2, 0) is 38.2 Å². The number of aromatic amines is 1. The molecule has 3 aromatic rings. The van der Waals surface area contributed by atoms with E-state index in [4.69, 9.17) is 18.9 Å². The van der Waals surface area contributed by atoms with Gasteiger partial charge in [0.1, 0.15) is 30.0 Å². The maximum atomic E-state index is 14.4. The molecule has 2 unspecified atom stereocenters. The summed E-state index contributed by atoms with van der Waals surface area (Å²) < 4.78 is 33.7. The lowest BCUT2D eigenvalue weighted by atomic mass is 9.90. The summed E-state index contributed by atoms with van der Waals surface area (Å²) in [6.07, 6.45) is 0.194. The van der Waals surface area contributed by atoms with Crippen LogP contribution < -0.4 is 25.6 Å². The van der Waals surface area contributed by atoms with E-state index in [2.05, 4.69) is 48.4 Å². The molecule has 2 aliphatic heterocycles. The van der Waals surface area contributed by atoms with Gasteiger partial charge in [-0.2, -0.15) is 4.37 Å².